The summed E-state index contributed by atoms with van der Waals surface area (Å²) in [6.07, 6.45) is 2.34. The number of ether oxygens (including phenoxy) is 2. The van der Waals surface area contributed by atoms with E-state index in [2.05, 4.69) is 20.9 Å². The third-order valence-electron chi connectivity index (χ3n) is 3.98. The van der Waals surface area contributed by atoms with Crippen molar-refractivity contribution in [2.24, 2.45) is 16.6 Å². The van der Waals surface area contributed by atoms with Gasteiger partial charge in [0.1, 0.15) is 11.9 Å². The molecular formula is C14H14BrN3O3. The Bertz CT molecular complexity index is 657. The molecule has 0 bridgehead atoms. The zero-order valence-corrected chi connectivity index (χ0v) is 12.8. The van der Waals surface area contributed by atoms with Gasteiger partial charge in [-0.2, -0.15) is 4.99 Å². The number of amides is 2. The molecule has 0 radical (unpaired) electrons. The fourth-order valence-electron chi connectivity index (χ4n) is 2.76. The van der Waals surface area contributed by atoms with Crippen molar-refractivity contribution in [3.05, 3.63) is 22.2 Å². The van der Waals surface area contributed by atoms with Gasteiger partial charge in [0.25, 0.3) is 0 Å². The molecule has 1 aromatic carbocycles. The number of halogens is 1. The summed E-state index contributed by atoms with van der Waals surface area (Å²) in [5.41, 5.74) is 6.87. The predicted molar refractivity (Wildman–Crippen MR) is 79.5 cm³/mol. The zero-order chi connectivity index (χ0) is 14.6. The summed E-state index contributed by atoms with van der Waals surface area (Å²) in [6.45, 7) is 0.913. The number of nitrogens with zero attached hydrogens (tertiary/aromatic N) is 2. The number of aliphatic imine (C=N–C) groups is 1. The highest BCUT2D eigenvalue weighted by Crippen LogP contribution is 2.43. The molecule has 2 heterocycles. The smallest absolute Gasteiger partial charge is 0.346 e. The number of hydrogen-bond donors (Lipinski definition) is 1. The van der Waals surface area contributed by atoms with E-state index in [4.69, 9.17) is 15.2 Å². The van der Waals surface area contributed by atoms with Crippen LogP contribution in [0.25, 0.3) is 0 Å². The first-order valence-corrected chi connectivity index (χ1v) is 7.66. The van der Waals surface area contributed by atoms with Crippen LogP contribution in [0.3, 0.4) is 0 Å². The SMILES string of the molecule is NC1=NC(=O)N(CC2CC2)C1c1cc(Br)c2c(c1)OCO2. The summed E-state index contributed by atoms with van der Waals surface area (Å²) in [5, 5.41) is 0. The Kier molecular flexibility index (Phi) is 2.85. The predicted octanol–water partition coefficient (Wildman–Crippen LogP) is 2.42. The molecule has 1 aliphatic carbocycles. The summed E-state index contributed by atoms with van der Waals surface area (Å²) < 4.78 is 11.6. The van der Waals surface area contributed by atoms with Crippen molar-refractivity contribution in [1.29, 1.82) is 0 Å². The average Bonchev–Trinajstić information content (AvgIpc) is 3.03. The van der Waals surface area contributed by atoms with Gasteiger partial charge in [-0.25, -0.2) is 4.79 Å². The maximum Gasteiger partial charge on any atom is 0.346 e. The minimum atomic E-state index is -0.316. The molecule has 1 saturated carbocycles. The Balaban J connectivity index is 1.71. The molecule has 4 rings (SSSR count). The lowest BCUT2D eigenvalue weighted by Crippen LogP contribution is -2.34. The third-order valence-corrected chi connectivity index (χ3v) is 4.57. The van der Waals surface area contributed by atoms with E-state index < -0.39 is 0 Å². The number of urea groups is 1. The van der Waals surface area contributed by atoms with Gasteiger partial charge in [-0.1, -0.05) is 0 Å². The Morgan fingerprint density at radius 2 is 2.19 bits per heavy atom. The van der Waals surface area contributed by atoms with Crippen molar-refractivity contribution in [2.75, 3.05) is 13.3 Å². The van der Waals surface area contributed by atoms with Crippen molar-refractivity contribution in [3.8, 4) is 11.5 Å². The van der Waals surface area contributed by atoms with Gasteiger partial charge < -0.3 is 20.1 Å². The Hall–Kier alpha value is -1.76. The molecule has 6 nitrogen and oxygen atoms in total. The van der Waals surface area contributed by atoms with Crippen LogP contribution in [-0.2, 0) is 0 Å². The highest BCUT2D eigenvalue weighted by molar-refractivity contribution is 9.10. The third kappa shape index (κ3) is 2.16. The lowest BCUT2D eigenvalue weighted by atomic mass is 10.0. The zero-order valence-electron chi connectivity index (χ0n) is 11.2. The monoisotopic (exact) mass is 351 g/mol. The molecule has 21 heavy (non-hydrogen) atoms. The number of hydrogen-bond acceptors (Lipinski definition) is 4. The van der Waals surface area contributed by atoms with E-state index in [9.17, 15) is 4.79 Å². The second-order valence-electron chi connectivity index (χ2n) is 5.55. The largest absolute Gasteiger partial charge is 0.454 e. The maximum atomic E-state index is 12.0. The van der Waals surface area contributed by atoms with Gasteiger partial charge in [-0.15, -0.1) is 0 Å². The van der Waals surface area contributed by atoms with E-state index in [1.807, 2.05) is 12.1 Å². The van der Waals surface area contributed by atoms with E-state index in [1.54, 1.807) is 4.90 Å². The summed E-state index contributed by atoms with van der Waals surface area (Å²) in [5.74, 6) is 2.27. The lowest BCUT2D eigenvalue weighted by Gasteiger charge is -2.24. The average molecular weight is 352 g/mol. The van der Waals surface area contributed by atoms with Gasteiger partial charge in [0, 0.05) is 6.54 Å². The van der Waals surface area contributed by atoms with Crippen LogP contribution in [0.4, 0.5) is 4.79 Å². The number of nitrogens with two attached hydrogens (primary N) is 1. The van der Waals surface area contributed by atoms with Gasteiger partial charge in [0.05, 0.1) is 4.47 Å². The summed E-state index contributed by atoms with van der Waals surface area (Å²) in [7, 11) is 0. The van der Waals surface area contributed by atoms with Crippen molar-refractivity contribution < 1.29 is 14.3 Å². The first kappa shape index (κ1) is 12.9. The number of carbonyl (C=O) groups excluding carboxylic acids is 1. The molecule has 110 valence electrons. The van der Waals surface area contributed by atoms with Gasteiger partial charge in [-0.05, 0) is 52.4 Å². The number of rotatable bonds is 3. The lowest BCUT2D eigenvalue weighted by molar-refractivity contribution is 0.173. The molecule has 2 amide bonds. The highest BCUT2D eigenvalue weighted by Gasteiger charge is 2.39. The van der Waals surface area contributed by atoms with Crippen LogP contribution in [0.5, 0.6) is 11.5 Å². The minimum Gasteiger partial charge on any atom is -0.454 e. The second kappa shape index (κ2) is 4.62. The quantitative estimate of drug-likeness (QED) is 0.906. The number of amidine groups is 1. The van der Waals surface area contributed by atoms with Crippen LogP contribution in [0.2, 0.25) is 0 Å². The molecule has 0 spiro atoms. The minimum absolute atomic E-state index is 0.205. The van der Waals surface area contributed by atoms with Crippen LogP contribution >= 0.6 is 15.9 Å². The molecular weight excluding hydrogens is 338 g/mol. The van der Waals surface area contributed by atoms with E-state index in [0.717, 1.165) is 10.0 Å². The van der Waals surface area contributed by atoms with Crippen LogP contribution in [0, 0.1) is 5.92 Å². The van der Waals surface area contributed by atoms with Gasteiger partial charge >= 0.3 is 6.03 Å². The Labute approximate surface area is 130 Å². The summed E-state index contributed by atoms with van der Waals surface area (Å²) in [6, 6.07) is 3.22. The summed E-state index contributed by atoms with van der Waals surface area (Å²) >= 11 is 3.47. The molecule has 0 saturated heterocycles. The number of carbonyl (C=O) groups is 1. The Morgan fingerprint density at radius 3 is 2.95 bits per heavy atom. The molecule has 1 atom stereocenters. The molecule has 7 heteroatoms. The van der Waals surface area contributed by atoms with Crippen LogP contribution in [-0.4, -0.2) is 30.1 Å². The van der Waals surface area contributed by atoms with E-state index in [0.29, 0.717) is 29.8 Å². The molecule has 1 aromatic rings. The standard InChI is InChI=1S/C14H14BrN3O3/c15-9-3-8(4-10-12(9)21-6-20-10)11-13(16)17-14(19)18(11)5-7-1-2-7/h3-4,7,11H,1-2,5-6H2,(H2,16,17,19). The normalized spacial score (nSPS) is 23.7. The van der Waals surface area contributed by atoms with E-state index in [1.165, 1.54) is 12.8 Å². The molecule has 2 aliphatic heterocycles. The van der Waals surface area contributed by atoms with Crippen molar-refractivity contribution in [3.63, 3.8) is 0 Å². The molecule has 1 fully saturated rings. The van der Waals surface area contributed by atoms with Crippen LogP contribution in [0.1, 0.15) is 24.4 Å². The first-order chi connectivity index (χ1) is 10.1. The molecule has 0 aromatic heterocycles. The van der Waals surface area contributed by atoms with Crippen LogP contribution < -0.4 is 15.2 Å². The van der Waals surface area contributed by atoms with Crippen molar-refractivity contribution >= 4 is 27.8 Å². The van der Waals surface area contributed by atoms with Gasteiger partial charge in [0.2, 0.25) is 6.79 Å². The molecule has 1 unspecified atom stereocenters. The van der Waals surface area contributed by atoms with Crippen LogP contribution in [0.15, 0.2) is 21.6 Å². The van der Waals surface area contributed by atoms with Crippen molar-refractivity contribution in [1.82, 2.24) is 4.90 Å². The molecule has 3 aliphatic rings. The maximum absolute atomic E-state index is 12.0. The second-order valence-corrected chi connectivity index (χ2v) is 6.41. The number of fused-ring (bicyclic) bond motifs is 1. The van der Waals surface area contributed by atoms with E-state index >= 15 is 0 Å². The topological polar surface area (TPSA) is 77.2 Å². The highest BCUT2D eigenvalue weighted by atomic mass is 79.9. The van der Waals surface area contributed by atoms with Gasteiger partial charge in [-0.3, -0.25) is 0 Å². The Morgan fingerprint density at radius 1 is 1.38 bits per heavy atom. The fourth-order valence-corrected chi connectivity index (χ4v) is 3.34. The molecule has 2 N–H and O–H groups in total. The first-order valence-electron chi connectivity index (χ1n) is 6.87. The van der Waals surface area contributed by atoms with Crippen molar-refractivity contribution in [2.45, 2.75) is 18.9 Å². The van der Waals surface area contributed by atoms with Gasteiger partial charge in [0.15, 0.2) is 11.5 Å². The fraction of sp³-hybridized carbons (Fsp3) is 0.429. The number of benzene rings is 1. The summed E-state index contributed by atoms with van der Waals surface area (Å²) in [4.78, 5) is 17.7. The van der Waals surface area contributed by atoms with E-state index in [-0.39, 0.29) is 18.9 Å².